The van der Waals surface area contributed by atoms with E-state index < -0.39 is 0 Å². The Bertz CT molecular complexity index is 850. The molecule has 28 heavy (non-hydrogen) atoms. The van der Waals surface area contributed by atoms with Crippen LogP contribution in [0.25, 0.3) is 0 Å². The fraction of sp³-hybridized carbons (Fsp3) is 0.364. The largest absolute Gasteiger partial charge is 0.366 e. The van der Waals surface area contributed by atoms with Crippen molar-refractivity contribution in [2.75, 3.05) is 37.6 Å². The second-order valence-corrected chi connectivity index (χ2v) is 7.42. The number of benzene rings is 2. The zero-order chi connectivity index (χ0) is 19.5. The number of nitrogens with zero attached hydrogens (tertiary/aromatic N) is 3. The van der Waals surface area contributed by atoms with Gasteiger partial charge >= 0.3 is 0 Å². The summed E-state index contributed by atoms with van der Waals surface area (Å²) in [5.74, 6) is -0.444. The molecular weight excluding hydrogens is 357 g/mol. The minimum Gasteiger partial charge on any atom is -0.366 e. The summed E-state index contributed by atoms with van der Waals surface area (Å²) in [7, 11) is 0. The molecule has 0 radical (unpaired) electrons. The van der Waals surface area contributed by atoms with Crippen LogP contribution in [0.1, 0.15) is 12.0 Å². The molecule has 0 saturated carbocycles. The molecule has 0 N–H and O–H groups in total. The molecule has 2 aromatic rings. The van der Waals surface area contributed by atoms with Gasteiger partial charge in [-0.05, 0) is 17.7 Å². The molecule has 146 valence electrons. The number of anilines is 1. The van der Waals surface area contributed by atoms with Gasteiger partial charge < -0.3 is 14.7 Å². The molecule has 5 nitrogen and oxygen atoms in total. The molecule has 2 aliphatic heterocycles. The highest BCUT2D eigenvalue weighted by Gasteiger charge is 2.37. The second-order valence-electron chi connectivity index (χ2n) is 7.42. The van der Waals surface area contributed by atoms with E-state index in [1.165, 1.54) is 6.07 Å². The summed E-state index contributed by atoms with van der Waals surface area (Å²) in [6.07, 6.45) is 0.277. The molecule has 2 fully saturated rings. The average Bonchev–Trinajstić information content (AvgIpc) is 3.09. The number of hydrogen-bond donors (Lipinski definition) is 0. The smallest absolute Gasteiger partial charge is 0.228 e. The van der Waals surface area contributed by atoms with Crippen molar-refractivity contribution in [3.05, 3.63) is 66.0 Å². The van der Waals surface area contributed by atoms with Crippen LogP contribution in [0, 0.1) is 11.7 Å². The lowest BCUT2D eigenvalue weighted by Crippen LogP contribution is -2.50. The Morgan fingerprint density at radius 3 is 2.36 bits per heavy atom. The molecule has 0 spiro atoms. The van der Waals surface area contributed by atoms with Gasteiger partial charge in [-0.3, -0.25) is 9.59 Å². The fourth-order valence-electron chi connectivity index (χ4n) is 4.03. The molecule has 0 unspecified atom stereocenters. The number of para-hydroxylation sites is 1. The number of hydrogen-bond acceptors (Lipinski definition) is 3. The Labute approximate surface area is 164 Å². The van der Waals surface area contributed by atoms with Crippen molar-refractivity contribution in [2.24, 2.45) is 5.92 Å². The summed E-state index contributed by atoms with van der Waals surface area (Å²) in [4.78, 5) is 30.8. The Morgan fingerprint density at radius 1 is 0.964 bits per heavy atom. The summed E-state index contributed by atoms with van der Waals surface area (Å²) in [5.41, 5.74) is 1.65. The van der Waals surface area contributed by atoms with E-state index in [2.05, 4.69) is 0 Å². The SMILES string of the molecule is O=C1C[C@@H](C(=O)N2CCN(c3ccccc3F)CC2)CN1Cc1ccccc1. The first kappa shape index (κ1) is 18.5. The zero-order valence-electron chi connectivity index (χ0n) is 15.8. The lowest BCUT2D eigenvalue weighted by molar-refractivity contribution is -0.136. The number of likely N-dealkylation sites (tertiary alicyclic amines) is 1. The molecule has 1 atom stereocenters. The van der Waals surface area contributed by atoms with E-state index in [4.69, 9.17) is 0 Å². The first-order valence-electron chi connectivity index (χ1n) is 9.72. The van der Waals surface area contributed by atoms with Crippen LogP contribution in [0.5, 0.6) is 0 Å². The van der Waals surface area contributed by atoms with Crippen molar-refractivity contribution < 1.29 is 14.0 Å². The van der Waals surface area contributed by atoms with Gasteiger partial charge in [0.05, 0.1) is 11.6 Å². The van der Waals surface area contributed by atoms with Gasteiger partial charge in [-0.25, -0.2) is 4.39 Å². The summed E-state index contributed by atoms with van der Waals surface area (Å²) in [6, 6.07) is 16.6. The highest BCUT2D eigenvalue weighted by atomic mass is 19.1. The van der Waals surface area contributed by atoms with E-state index in [0.29, 0.717) is 45.0 Å². The van der Waals surface area contributed by atoms with Gasteiger partial charge in [-0.15, -0.1) is 0 Å². The third-order valence-electron chi connectivity index (χ3n) is 5.56. The van der Waals surface area contributed by atoms with E-state index in [0.717, 1.165) is 5.56 Å². The van der Waals surface area contributed by atoms with Crippen molar-refractivity contribution in [3.8, 4) is 0 Å². The van der Waals surface area contributed by atoms with Crippen LogP contribution < -0.4 is 4.90 Å². The molecule has 2 aliphatic rings. The topological polar surface area (TPSA) is 43.9 Å². The van der Waals surface area contributed by atoms with Crippen molar-refractivity contribution in [2.45, 2.75) is 13.0 Å². The first-order chi connectivity index (χ1) is 13.6. The van der Waals surface area contributed by atoms with E-state index in [1.807, 2.05) is 46.2 Å². The molecule has 0 bridgehead atoms. The van der Waals surface area contributed by atoms with Gasteiger partial charge in [0.1, 0.15) is 5.82 Å². The Balaban J connectivity index is 1.33. The van der Waals surface area contributed by atoms with Crippen LogP contribution in [0.15, 0.2) is 54.6 Å². The van der Waals surface area contributed by atoms with Crippen molar-refractivity contribution in [3.63, 3.8) is 0 Å². The third-order valence-corrected chi connectivity index (χ3v) is 5.56. The lowest BCUT2D eigenvalue weighted by Gasteiger charge is -2.37. The van der Waals surface area contributed by atoms with Gasteiger partial charge in [-0.2, -0.15) is 0 Å². The van der Waals surface area contributed by atoms with Crippen LogP contribution in [0.4, 0.5) is 10.1 Å². The number of piperazine rings is 1. The maximum absolute atomic E-state index is 14.0. The van der Waals surface area contributed by atoms with E-state index >= 15 is 0 Å². The average molecular weight is 381 g/mol. The molecular formula is C22H24FN3O2. The fourth-order valence-corrected chi connectivity index (χ4v) is 4.03. The summed E-state index contributed by atoms with van der Waals surface area (Å²) < 4.78 is 14.0. The summed E-state index contributed by atoms with van der Waals surface area (Å²) in [6.45, 7) is 3.32. The van der Waals surface area contributed by atoms with Gasteiger partial charge in [0.2, 0.25) is 11.8 Å². The Kier molecular flexibility index (Phi) is 5.28. The standard InChI is InChI=1S/C22H24FN3O2/c23-19-8-4-5-9-20(19)24-10-12-25(13-11-24)22(28)18-14-21(27)26(16-18)15-17-6-2-1-3-7-17/h1-9,18H,10-16H2/t18-/m1/s1. The molecule has 6 heteroatoms. The number of halogens is 1. The van der Waals surface area contributed by atoms with E-state index in [1.54, 1.807) is 17.0 Å². The monoisotopic (exact) mass is 381 g/mol. The predicted octanol–water partition coefficient (Wildman–Crippen LogP) is 2.52. The molecule has 0 aromatic heterocycles. The van der Waals surface area contributed by atoms with Crippen LogP contribution in [-0.4, -0.2) is 54.3 Å². The maximum Gasteiger partial charge on any atom is 0.228 e. The van der Waals surface area contributed by atoms with E-state index in [9.17, 15) is 14.0 Å². The van der Waals surface area contributed by atoms with Gasteiger partial charge in [0, 0.05) is 45.7 Å². The van der Waals surface area contributed by atoms with Crippen LogP contribution in [-0.2, 0) is 16.1 Å². The molecule has 0 aliphatic carbocycles. The van der Waals surface area contributed by atoms with Gasteiger partial charge in [-0.1, -0.05) is 42.5 Å². The highest BCUT2D eigenvalue weighted by molar-refractivity contribution is 5.89. The second kappa shape index (κ2) is 8.00. The summed E-state index contributed by atoms with van der Waals surface area (Å²) >= 11 is 0. The van der Waals surface area contributed by atoms with Crippen LogP contribution in [0.2, 0.25) is 0 Å². The van der Waals surface area contributed by atoms with Crippen molar-refractivity contribution in [1.82, 2.24) is 9.80 Å². The first-order valence-corrected chi connectivity index (χ1v) is 9.72. The summed E-state index contributed by atoms with van der Waals surface area (Å²) in [5, 5.41) is 0. The number of carbonyl (C=O) groups excluding carboxylic acids is 2. The molecule has 2 heterocycles. The molecule has 4 rings (SSSR count). The minimum absolute atomic E-state index is 0.0344. The van der Waals surface area contributed by atoms with E-state index in [-0.39, 0.29) is 30.0 Å². The zero-order valence-corrected chi connectivity index (χ0v) is 15.8. The van der Waals surface area contributed by atoms with Crippen molar-refractivity contribution in [1.29, 1.82) is 0 Å². The quantitative estimate of drug-likeness (QED) is 0.818. The number of rotatable bonds is 4. The molecule has 2 saturated heterocycles. The Morgan fingerprint density at radius 2 is 1.64 bits per heavy atom. The van der Waals surface area contributed by atoms with Crippen LogP contribution in [0.3, 0.4) is 0 Å². The number of amides is 2. The molecule has 2 amide bonds. The van der Waals surface area contributed by atoms with Crippen LogP contribution >= 0.6 is 0 Å². The predicted molar refractivity (Wildman–Crippen MR) is 105 cm³/mol. The van der Waals surface area contributed by atoms with Gasteiger partial charge in [0.15, 0.2) is 0 Å². The molecule has 2 aromatic carbocycles. The number of carbonyl (C=O) groups is 2. The maximum atomic E-state index is 14.0. The minimum atomic E-state index is -0.281. The third kappa shape index (κ3) is 3.86. The van der Waals surface area contributed by atoms with Gasteiger partial charge in [0.25, 0.3) is 0 Å². The highest BCUT2D eigenvalue weighted by Crippen LogP contribution is 2.24. The van der Waals surface area contributed by atoms with Crippen molar-refractivity contribution >= 4 is 17.5 Å². The normalized spacial score (nSPS) is 20.0. The lowest BCUT2D eigenvalue weighted by atomic mass is 10.1. The Hall–Kier alpha value is -2.89.